The van der Waals surface area contributed by atoms with Crippen molar-refractivity contribution in [3.8, 4) is 0 Å². The molecule has 10 nitrogen and oxygen atoms in total. The first-order valence-electron chi connectivity index (χ1n) is 10.9. The van der Waals surface area contributed by atoms with Crippen LogP contribution in [0.15, 0.2) is 18.5 Å². The largest absolute Gasteiger partial charge is 0.460 e. The van der Waals surface area contributed by atoms with Crippen molar-refractivity contribution < 1.29 is 24.6 Å². The minimum absolute atomic E-state index is 0.0882. The van der Waals surface area contributed by atoms with Crippen molar-refractivity contribution in [1.29, 1.82) is 0 Å². The van der Waals surface area contributed by atoms with Gasteiger partial charge in [-0.15, -0.1) is 0 Å². The van der Waals surface area contributed by atoms with Crippen LogP contribution < -0.4 is 10.8 Å². The lowest BCUT2D eigenvalue weighted by molar-refractivity contribution is -0.163. The molecule has 2 aromatic heterocycles. The molecule has 0 unspecified atom stereocenters. The van der Waals surface area contributed by atoms with Crippen molar-refractivity contribution in [3.05, 3.63) is 24.0 Å². The molecule has 0 amide bonds. The van der Waals surface area contributed by atoms with E-state index in [9.17, 15) is 15.0 Å². The molecule has 0 spiro atoms. The van der Waals surface area contributed by atoms with Crippen LogP contribution >= 0.6 is 0 Å². The average molecular weight is 446 g/mol. The number of anilines is 1. The van der Waals surface area contributed by atoms with Crippen LogP contribution in [0.4, 0.5) is 5.69 Å². The fourth-order valence-corrected chi connectivity index (χ4v) is 3.95. The van der Waals surface area contributed by atoms with E-state index in [2.05, 4.69) is 20.9 Å². The van der Waals surface area contributed by atoms with Gasteiger partial charge < -0.3 is 20.3 Å². The van der Waals surface area contributed by atoms with Crippen molar-refractivity contribution >= 4 is 28.4 Å². The number of aliphatic hydroxyl groups is 2. The zero-order chi connectivity index (χ0) is 23.1. The van der Waals surface area contributed by atoms with Gasteiger partial charge in [0.2, 0.25) is 0 Å². The smallest absolute Gasteiger partial charge is 0.309 e. The fourth-order valence-electron chi connectivity index (χ4n) is 3.95. The topological polar surface area (TPSA) is 131 Å². The standard InChI is InChI=1S/C22H31N5O5/c1-5-27-19-16(10-24-27)18(25-14-6-13(7-14)20(30)31-21(2,3)4)15(9-23-19)17-8-22(11-28,12-29)32-26-17/h8-10,13-14,26,28-29H,5-7,11-12H2,1-4H3,(H,23,25). The molecule has 0 radical (unpaired) electrons. The maximum atomic E-state index is 12.4. The molecule has 4 N–H and O–H groups in total. The highest BCUT2D eigenvalue weighted by molar-refractivity contribution is 5.96. The summed E-state index contributed by atoms with van der Waals surface area (Å²) in [6.07, 6.45) is 6.48. The molecule has 0 atom stereocenters. The number of aromatic nitrogens is 3. The van der Waals surface area contributed by atoms with Gasteiger partial charge in [0.25, 0.3) is 0 Å². The number of ether oxygens (including phenoxy) is 1. The minimum Gasteiger partial charge on any atom is -0.460 e. The number of aryl methyl sites for hydroxylation is 1. The number of pyridine rings is 1. The van der Waals surface area contributed by atoms with Crippen molar-refractivity contribution in [2.75, 3.05) is 18.5 Å². The van der Waals surface area contributed by atoms with Crippen LogP contribution in [-0.4, -0.2) is 61.4 Å². The van der Waals surface area contributed by atoms with E-state index in [0.29, 0.717) is 25.1 Å². The van der Waals surface area contributed by atoms with E-state index in [4.69, 9.17) is 9.57 Å². The summed E-state index contributed by atoms with van der Waals surface area (Å²) in [5.74, 6) is -0.298. The van der Waals surface area contributed by atoms with E-state index < -0.39 is 11.2 Å². The quantitative estimate of drug-likeness (QED) is 0.469. The summed E-state index contributed by atoms with van der Waals surface area (Å²) in [4.78, 5) is 22.4. The number of carbonyl (C=O) groups is 1. The highest BCUT2D eigenvalue weighted by Crippen LogP contribution is 2.38. The Labute approximate surface area is 186 Å². The Morgan fingerprint density at radius 2 is 2.06 bits per heavy atom. The fraction of sp³-hybridized carbons (Fsp3) is 0.591. The van der Waals surface area contributed by atoms with Gasteiger partial charge in [-0.05, 0) is 46.6 Å². The predicted octanol–water partition coefficient (Wildman–Crippen LogP) is 1.58. The Morgan fingerprint density at radius 3 is 2.66 bits per heavy atom. The van der Waals surface area contributed by atoms with E-state index in [-0.39, 0.29) is 31.1 Å². The molecule has 2 aromatic rings. The lowest BCUT2D eigenvalue weighted by Crippen LogP contribution is -2.42. The number of esters is 1. The molecule has 174 valence electrons. The molecule has 32 heavy (non-hydrogen) atoms. The molecular formula is C22H31N5O5. The molecule has 10 heteroatoms. The molecule has 2 aliphatic rings. The number of rotatable bonds is 7. The van der Waals surface area contributed by atoms with Crippen LogP contribution in [0.25, 0.3) is 16.7 Å². The molecule has 1 aliphatic heterocycles. The molecule has 0 saturated heterocycles. The summed E-state index contributed by atoms with van der Waals surface area (Å²) < 4.78 is 7.32. The summed E-state index contributed by atoms with van der Waals surface area (Å²) in [6, 6.07) is 0.0882. The minimum atomic E-state index is -1.20. The van der Waals surface area contributed by atoms with E-state index >= 15 is 0 Å². The SMILES string of the molecule is CCn1ncc2c(NC3CC(C(=O)OC(C)(C)C)C3)c(C3=CC(CO)(CO)ON3)cnc21. The van der Waals surface area contributed by atoms with Gasteiger partial charge in [-0.1, -0.05) is 0 Å². The number of aliphatic hydroxyl groups excluding tert-OH is 2. The van der Waals surface area contributed by atoms with Gasteiger partial charge in [-0.2, -0.15) is 5.10 Å². The Bertz CT molecular complexity index is 1030. The van der Waals surface area contributed by atoms with Crippen LogP contribution in [0.5, 0.6) is 0 Å². The Hall–Kier alpha value is -2.69. The predicted molar refractivity (Wildman–Crippen MR) is 118 cm³/mol. The molecule has 1 fully saturated rings. The third kappa shape index (κ3) is 4.17. The van der Waals surface area contributed by atoms with Crippen molar-refractivity contribution in [2.45, 2.75) is 64.3 Å². The summed E-state index contributed by atoms with van der Waals surface area (Å²) in [7, 11) is 0. The zero-order valence-corrected chi connectivity index (χ0v) is 18.9. The number of nitrogens with one attached hydrogen (secondary N) is 2. The van der Waals surface area contributed by atoms with Crippen LogP contribution in [0, 0.1) is 5.92 Å². The van der Waals surface area contributed by atoms with Gasteiger partial charge in [-0.3, -0.25) is 15.1 Å². The van der Waals surface area contributed by atoms with Crippen molar-refractivity contribution in [3.63, 3.8) is 0 Å². The van der Waals surface area contributed by atoms with Gasteiger partial charge >= 0.3 is 5.97 Å². The molecule has 0 bridgehead atoms. The lowest BCUT2D eigenvalue weighted by atomic mass is 9.80. The first kappa shape index (κ1) is 22.5. The van der Waals surface area contributed by atoms with E-state index in [1.165, 1.54) is 0 Å². The van der Waals surface area contributed by atoms with Gasteiger partial charge in [0.05, 0.1) is 42.1 Å². The first-order valence-corrected chi connectivity index (χ1v) is 10.9. The Balaban J connectivity index is 1.61. The molecule has 4 rings (SSSR count). The molecule has 0 aromatic carbocycles. The van der Waals surface area contributed by atoms with E-state index in [0.717, 1.165) is 22.3 Å². The molecule has 3 heterocycles. The molecule has 1 aliphatic carbocycles. The Kier molecular flexibility index (Phi) is 5.87. The number of fused-ring (bicyclic) bond motifs is 1. The molecule has 1 saturated carbocycles. The normalized spacial score (nSPS) is 22.2. The van der Waals surface area contributed by atoms with Crippen LogP contribution in [0.1, 0.15) is 46.1 Å². The first-order chi connectivity index (χ1) is 15.2. The highest BCUT2D eigenvalue weighted by atomic mass is 16.7. The van der Waals surface area contributed by atoms with Crippen LogP contribution in [0.2, 0.25) is 0 Å². The lowest BCUT2D eigenvalue weighted by Gasteiger charge is -2.37. The number of carbonyl (C=O) groups excluding carboxylic acids is 1. The second-order valence-corrected chi connectivity index (χ2v) is 9.43. The van der Waals surface area contributed by atoms with E-state index in [1.807, 2.05) is 32.4 Å². The van der Waals surface area contributed by atoms with Crippen LogP contribution in [0.3, 0.4) is 0 Å². The third-order valence-corrected chi connectivity index (χ3v) is 5.79. The van der Waals surface area contributed by atoms with Gasteiger partial charge in [0, 0.05) is 24.3 Å². The number of hydroxylamine groups is 1. The summed E-state index contributed by atoms with van der Waals surface area (Å²) in [6.45, 7) is 7.55. The van der Waals surface area contributed by atoms with E-state index in [1.54, 1.807) is 18.5 Å². The Morgan fingerprint density at radius 1 is 1.34 bits per heavy atom. The van der Waals surface area contributed by atoms with Crippen molar-refractivity contribution in [2.24, 2.45) is 5.92 Å². The monoisotopic (exact) mass is 445 g/mol. The van der Waals surface area contributed by atoms with Crippen molar-refractivity contribution in [1.82, 2.24) is 20.2 Å². The molecular weight excluding hydrogens is 414 g/mol. The second kappa shape index (κ2) is 8.34. The summed E-state index contributed by atoms with van der Waals surface area (Å²) in [5, 5.41) is 28.1. The maximum absolute atomic E-state index is 12.4. The highest BCUT2D eigenvalue weighted by Gasteiger charge is 2.39. The number of nitrogens with zero attached hydrogens (tertiary/aromatic N) is 3. The van der Waals surface area contributed by atoms with Gasteiger partial charge in [0.1, 0.15) is 5.60 Å². The van der Waals surface area contributed by atoms with Gasteiger partial charge in [0.15, 0.2) is 11.2 Å². The summed E-state index contributed by atoms with van der Waals surface area (Å²) in [5.41, 5.74) is 4.01. The second-order valence-electron chi connectivity index (χ2n) is 9.43. The van der Waals surface area contributed by atoms with Crippen LogP contribution in [-0.2, 0) is 20.9 Å². The maximum Gasteiger partial charge on any atom is 0.309 e. The number of hydrogen-bond donors (Lipinski definition) is 4. The van der Waals surface area contributed by atoms with Gasteiger partial charge in [-0.25, -0.2) is 9.67 Å². The number of hydrogen-bond acceptors (Lipinski definition) is 9. The zero-order valence-electron chi connectivity index (χ0n) is 18.9. The third-order valence-electron chi connectivity index (χ3n) is 5.79. The summed E-state index contributed by atoms with van der Waals surface area (Å²) >= 11 is 0. The average Bonchev–Trinajstić information content (AvgIpc) is 3.33.